The molecule has 0 bridgehead atoms. The zero-order valence-electron chi connectivity index (χ0n) is 11.9. The summed E-state index contributed by atoms with van der Waals surface area (Å²) in [5, 5.41) is 3.17. The molecular formula is C16H19F4N. The van der Waals surface area contributed by atoms with E-state index in [9.17, 15) is 17.6 Å². The summed E-state index contributed by atoms with van der Waals surface area (Å²) in [5.74, 6) is -1.16. The van der Waals surface area contributed by atoms with Crippen LogP contribution in [0.1, 0.15) is 49.8 Å². The first-order valence-electron chi connectivity index (χ1n) is 7.23. The standard InChI is InChI=1S/C16H19F4N/c1-2-10-21-15(11-6-3-4-7-11)12-8-5-9-13(14(12)17)16(18,19)20/h5-6,8-9,15,21H,2-4,7,10H2,1H3. The second-order valence-corrected chi connectivity index (χ2v) is 5.26. The van der Waals surface area contributed by atoms with E-state index in [1.807, 2.05) is 13.0 Å². The minimum absolute atomic E-state index is 0.0893. The molecule has 0 saturated heterocycles. The van der Waals surface area contributed by atoms with E-state index >= 15 is 0 Å². The second kappa shape index (κ2) is 6.60. The lowest BCUT2D eigenvalue weighted by molar-refractivity contribution is -0.140. The molecule has 0 aliphatic heterocycles. The summed E-state index contributed by atoms with van der Waals surface area (Å²) in [7, 11) is 0. The van der Waals surface area contributed by atoms with Gasteiger partial charge < -0.3 is 5.32 Å². The Morgan fingerprint density at radius 3 is 2.62 bits per heavy atom. The maximum atomic E-state index is 14.3. The fraction of sp³-hybridized carbons (Fsp3) is 0.500. The van der Waals surface area contributed by atoms with Crippen molar-refractivity contribution in [3.05, 3.63) is 46.8 Å². The van der Waals surface area contributed by atoms with Crippen molar-refractivity contribution in [2.75, 3.05) is 6.54 Å². The fourth-order valence-electron chi connectivity index (χ4n) is 2.68. The topological polar surface area (TPSA) is 12.0 Å². The summed E-state index contributed by atoms with van der Waals surface area (Å²) in [6, 6.07) is 3.04. The molecule has 0 heterocycles. The molecular weight excluding hydrogens is 282 g/mol. The Morgan fingerprint density at radius 2 is 2.05 bits per heavy atom. The average Bonchev–Trinajstić information content (AvgIpc) is 2.93. The maximum Gasteiger partial charge on any atom is 0.419 e. The second-order valence-electron chi connectivity index (χ2n) is 5.26. The van der Waals surface area contributed by atoms with Crippen LogP contribution in [0.2, 0.25) is 0 Å². The number of nitrogens with one attached hydrogen (secondary N) is 1. The number of rotatable bonds is 5. The maximum absolute atomic E-state index is 14.3. The summed E-state index contributed by atoms with van der Waals surface area (Å²) in [6.07, 6.45) is 0.856. The minimum Gasteiger partial charge on any atom is -0.306 e. The van der Waals surface area contributed by atoms with Crippen LogP contribution in [0.4, 0.5) is 17.6 Å². The first-order valence-corrected chi connectivity index (χ1v) is 7.23. The summed E-state index contributed by atoms with van der Waals surface area (Å²) in [4.78, 5) is 0. The zero-order valence-corrected chi connectivity index (χ0v) is 11.9. The van der Waals surface area contributed by atoms with Crippen LogP contribution < -0.4 is 5.32 Å². The van der Waals surface area contributed by atoms with Crippen LogP contribution in [-0.2, 0) is 6.18 Å². The van der Waals surface area contributed by atoms with Crippen molar-refractivity contribution in [3.8, 4) is 0 Å². The van der Waals surface area contributed by atoms with Gasteiger partial charge in [-0.15, -0.1) is 0 Å². The smallest absolute Gasteiger partial charge is 0.306 e. The van der Waals surface area contributed by atoms with Crippen molar-refractivity contribution >= 4 is 0 Å². The average molecular weight is 301 g/mol. The van der Waals surface area contributed by atoms with Crippen LogP contribution in [0, 0.1) is 5.82 Å². The number of benzene rings is 1. The zero-order chi connectivity index (χ0) is 15.5. The molecule has 1 aliphatic rings. The summed E-state index contributed by atoms with van der Waals surface area (Å²) in [5.41, 5.74) is -0.116. The molecule has 0 saturated carbocycles. The highest BCUT2D eigenvalue weighted by Crippen LogP contribution is 2.37. The number of halogens is 4. The van der Waals surface area contributed by atoms with E-state index < -0.39 is 23.6 Å². The Labute approximate surface area is 122 Å². The SMILES string of the molecule is CCCNC(C1=CCCC1)c1cccc(C(F)(F)F)c1F. The highest BCUT2D eigenvalue weighted by atomic mass is 19.4. The molecule has 0 fully saturated rings. The van der Waals surface area contributed by atoms with E-state index in [0.717, 1.165) is 37.3 Å². The third-order valence-corrected chi connectivity index (χ3v) is 3.69. The summed E-state index contributed by atoms with van der Waals surface area (Å²) < 4.78 is 52.9. The Morgan fingerprint density at radius 1 is 1.29 bits per heavy atom. The lowest BCUT2D eigenvalue weighted by atomic mass is 9.95. The van der Waals surface area contributed by atoms with Crippen molar-refractivity contribution in [3.63, 3.8) is 0 Å². The quantitative estimate of drug-likeness (QED) is 0.596. The van der Waals surface area contributed by atoms with Crippen LogP contribution >= 0.6 is 0 Å². The molecule has 1 N–H and O–H groups in total. The number of alkyl halides is 3. The molecule has 1 atom stereocenters. The van der Waals surface area contributed by atoms with Crippen molar-refractivity contribution < 1.29 is 17.6 Å². The molecule has 1 aliphatic carbocycles. The molecule has 5 heteroatoms. The van der Waals surface area contributed by atoms with Gasteiger partial charge in [0.05, 0.1) is 11.6 Å². The molecule has 2 rings (SSSR count). The largest absolute Gasteiger partial charge is 0.419 e. The Kier molecular flexibility index (Phi) is 5.04. The molecule has 0 radical (unpaired) electrons. The molecule has 1 aromatic rings. The first kappa shape index (κ1) is 16.0. The molecule has 1 aromatic carbocycles. The Balaban J connectivity index is 2.40. The Bertz CT molecular complexity index is 519. The van der Waals surface area contributed by atoms with Gasteiger partial charge >= 0.3 is 6.18 Å². The molecule has 21 heavy (non-hydrogen) atoms. The predicted molar refractivity (Wildman–Crippen MR) is 74.4 cm³/mol. The van der Waals surface area contributed by atoms with Gasteiger partial charge in [-0.2, -0.15) is 13.2 Å². The lowest BCUT2D eigenvalue weighted by Gasteiger charge is -2.22. The molecule has 0 aromatic heterocycles. The number of hydrogen-bond donors (Lipinski definition) is 1. The van der Waals surface area contributed by atoms with Crippen LogP contribution in [0.5, 0.6) is 0 Å². The fourth-order valence-corrected chi connectivity index (χ4v) is 2.68. The van der Waals surface area contributed by atoms with Crippen LogP contribution in [-0.4, -0.2) is 6.54 Å². The first-order chi connectivity index (χ1) is 9.95. The van der Waals surface area contributed by atoms with Gasteiger partial charge in [-0.25, -0.2) is 4.39 Å². The van der Waals surface area contributed by atoms with Crippen molar-refractivity contribution in [2.45, 2.75) is 44.8 Å². The van der Waals surface area contributed by atoms with Crippen LogP contribution in [0.25, 0.3) is 0 Å². The predicted octanol–water partition coefficient (Wildman–Crippen LogP) is 5.00. The minimum atomic E-state index is -4.67. The summed E-state index contributed by atoms with van der Waals surface area (Å²) >= 11 is 0. The monoisotopic (exact) mass is 301 g/mol. The van der Waals surface area contributed by atoms with Gasteiger partial charge in [-0.3, -0.25) is 0 Å². The van der Waals surface area contributed by atoms with Crippen molar-refractivity contribution in [1.82, 2.24) is 5.32 Å². The summed E-state index contributed by atoms with van der Waals surface area (Å²) in [6.45, 7) is 2.60. The molecule has 1 nitrogen and oxygen atoms in total. The van der Waals surface area contributed by atoms with E-state index in [0.29, 0.717) is 6.54 Å². The lowest BCUT2D eigenvalue weighted by Crippen LogP contribution is -2.25. The molecule has 0 spiro atoms. The van der Waals surface area contributed by atoms with Gasteiger partial charge in [-0.1, -0.05) is 30.7 Å². The van der Waals surface area contributed by atoms with E-state index in [1.165, 1.54) is 12.1 Å². The highest BCUT2D eigenvalue weighted by molar-refractivity contribution is 5.35. The van der Waals surface area contributed by atoms with Crippen molar-refractivity contribution in [1.29, 1.82) is 0 Å². The van der Waals surface area contributed by atoms with Gasteiger partial charge in [0.15, 0.2) is 0 Å². The van der Waals surface area contributed by atoms with E-state index in [1.54, 1.807) is 0 Å². The number of allylic oxidation sites excluding steroid dienone is 1. The van der Waals surface area contributed by atoms with Gasteiger partial charge in [0.25, 0.3) is 0 Å². The third kappa shape index (κ3) is 3.64. The highest BCUT2D eigenvalue weighted by Gasteiger charge is 2.36. The van der Waals surface area contributed by atoms with Crippen molar-refractivity contribution in [2.24, 2.45) is 0 Å². The van der Waals surface area contributed by atoms with Gasteiger partial charge in [0.2, 0.25) is 0 Å². The van der Waals surface area contributed by atoms with Gasteiger partial charge in [0, 0.05) is 5.56 Å². The number of hydrogen-bond acceptors (Lipinski definition) is 1. The van der Waals surface area contributed by atoms with E-state index in [2.05, 4.69) is 5.32 Å². The normalized spacial score (nSPS) is 16.9. The molecule has 0 amide bonds. The molecule has 116 valence electrons. The van der Waals surface area contributed by atoms with Crippen LogP contribution in [0.3, 0.4) is 0 Å². The van der Waals surface area contributed by atoms with Gasteiger partial charge in [-0.05, 0) is 38.3 Å². The van der Waals surface area contributed by atoms with E-state index in [4.69, 9.17) is 0 Å². The van der Waals surface area contributed by atoms with E-state index in [-0.39, 0.29) is 5.56 Å². The Hall–Kier alpha value is -1.36. The van der Waals surface area contributed by atoms with Gasteiger partial charge in [0.1, 0.15) is 5.82 Å². The third-order valence-electron chi connectivity index (χ3n) is 3.69. The van der Waals surface area contributed by atoms with Crippen LogP contribution in [0.15, 0.2) is 29.8 Å². The molecule has 1 unspecified atom stereocenters.